The summed E-state index contributed by atoms with van der Waals surface area (Å²) in [5, 5.41) is 8.90. The zero-order valence-corrected chi connectivity index (χ0v) is 9.57. The minimum atomic E-state index is -0.572. The quantitative estimate of drug-likeness (QED) is 0.881. The smallest absolute Gasteiger partial charge is 0.412 e. The van der Waals surface area contributed by atoms with Gasteiger partial charge >= 0.3 is 6.09 Å². The van der Waals surface area contributed by atoms with E-state index >= 15 is 0 Å². The van der Waals surface area contributed by atoms with E-state index in [1.807, 2.05) is 30.3 Å². The molecular weight excluding hydrogens is 242 g/mol. The first-order valence-corrected chi connectivity index (χ1v) is 5.30. The Hall–Kier alpha value is -2.01. The number of nitrogens with zero attached hydrogens (tertiary/aromatic N) is 1. The van der Waals surface area contributed by atoms with E-state index in [4.69, 9.17) is 16.3 Å². The van der Waals surface area contributed by atoms with Crippen molar-refractivity contribution in [3.05, 3.63) is 47.2 Å². The SMILES string of the molecule is O=C(Nc1cn[nH]c1Cl)OCc1ccccc1. The molecule has 17 heavy (non-hydrogen) atoms. The van der Waals surface area contributed by atoms with Gasteiger partial charge in [-0.3, -0.25) is 10.4 Å². The van der Waals surface area contributed by atoms with Crippen LogP contribution in [0.15, 0.2) is 36.5 Å². The van der Waals surface area contributed by atoms with Crippen molar-refractivity contribution in [1.82, 2.24) is 10.2 Å². The highest BCUT2D eigenvalue weighted by atomic mass is 35.5. The van der Waals surface area contributed by atoms with Crippen molar-refractivity contribution in [1.29, 1.82) is 0 Å². The van der Waals surface area contributed by atoms with Gasteiger partial charge < -0.3 is 4.74 Å². The monoisotopic (exact) mass is 251 g/mol. The molecule has 5 nitrogen and oxygen atoms in total. The first-order valence-electron chi connectivity index (χ1n) is 4.92. The zero-order valence-electron chi connectivity index (χ0n) is 8.81. The minimum Gasteiger partial charge on any atom is -0.444 e. The van der Waals surface area contributed by atoms with Crippen LogP contribution in [0.3, 0.4) is 0 Å². The van der Waals surface area contributed by atoms with Gasteiger partial charge in [-0.05, 0) is 5.56 Å². The Morgan fingerprint density at radius 3 is 2.82 bits per heavy atom. The fourth-order valence-electron chi connectivity index (χ4n) is 1.23. The Balaban J connectivity index is 1.85. The molecule has 1 amide bonds. The van der Waals surface area contributed by atoms with Gasteiger partial charge in [0.15, 0.2) is 0 Å². The van der Waals surface area contributed by atoms with E-state index in [0.29, 0.717) is 5.69 Å². The molecule has 1 aromatic heterocycles. The third-order valence-corrected chi connectivity index (χ3v) is 2.33. The lowest BCUT2D eigenvalue weighted by Gasteiger charge is -2.05. The number of ether oxygens (including phenoxy) is 1. The number of H-pyrrole nitrogens is 1. The molecule has 0 aliphatic heterocycles. The second-order valence-corrected chi connectivity index (χ2v) is 3.66. The molecular formula is C11H10ClN3O2. The fourth-order valence-corrected chi connectivity index (χ4v) is 1.37. The molecule has 0 fully saturated rings. The first-order chi connectivity index (χ1) is 8.25. The number of amides is 1. The lowest BCUT2D eigenvalue weighted by molar-refractivity contribution is 0.155. The number of anilines is 1. The van der Waals surface area contributed by atoms with Gasteiger partial charge in [0.1, 0.15) is 17.4 Å². The highest BCUT2D eigenvalue weighted by molar-refractivity contribution is 6.32. The molecule has 0 saturated carbocycles. The molecule has 2 aromatic rings. The molecule has 0 unspecified atom stereocenters. The Labute approximate surface area is 103 Å². The molecule has 2 rings (SSSR count). The van der Waals surface area contributed by atoms with Crippen molar-refractivity contribution in [3.63, 3.8) is 0 Å². The van der Waals surface area contributed by atoms with Gasteiger partial charge in [0, 0.05) is 0 Å². The van der Waals surface area contributed by atoms with E-state index in [1.165, 1.54) is 6.20 Å². The Kier molecular flexibility index (Phi) is 3.62. The molecule has 88 valence electrons. The summed E-state index contributed by atoms with van der Waals surface area (Å²) in [6, 6.07) is 9.40. The Morgan fingerprint density at radius 2 is 2.18 bits per heavy atom. The van der Waals surface area contributed by atoms with E-state index in [9.17, 15) is 4.79 Å². The zero-order chi connectivity index (χ0) is 12.1. The number of halogens is 1. The second kappa shape index (κ2) is 5.36. The lowest BCUT2D eigenvalue weighted by Crippen LogP contribution is -2.13. The van der Waals surface area contributed by atoms with Gasteiger partial charge in [0.25, 0.3) is 0 Å². The van der Waals surface area contributed by atoms with Crippen molar-refractivity contribution in [2.75, 3.05) is 5.32 Å². The van der Waals surface area contributed by atoms with Crippen LogP contribution in [0.5, 0.6) is 0 Å². The van der Waals surface area contributed by atoms with E-state index in [1.54, 1.807) is 0 Å². The fraction of sp³-hybridized carbons (Fsp3) is 0.0909. The predicted octanol–water partition coefficient (Wildman–Crippen LogP) is 2.81. The largest absolute Gasteiger partial charge is 0.444 e. The predicted molar refractivity (Wildman–Crippen MR) is 63.8 cm³/mol. The summed E-state index contributed by atoms with van der Waals surface area (Å²) >= 11 is 5.71. The van der Waals surface area contributed by atoms with Crippen LogP contribution < -0.4 is 5.32 Å². The van der Waals surface area contributed by atoms with Crippen LogP contribution >= 0.6 is 11.6 Å². The summed E-state index contributed by atoms with van der Waals surface area (Å²) in [6.07, 6.45) is 0.837. The van der Waals surface area contributed by atoms with Gasteiger partial charge in [-0.1, -0.05) is 41.9 Å². The summed E-state index contributed by atoms with van der Waals surface area (Å²) in [5.74, 6) is 0. The van der Waals surface area contributed by atoms with E-state index in [2.05, 4.69) is 15.5 Å². The number of aromatic nitrogens is 2. The standard InChI is InChI=1S/C11H10ClN3O2/c12-10-9(6-13-15-10)14-11(16)17-7-8-4-2-1-3-5-8/h1-6H,7H2,(H,13,15)(H,14,16). The lowest BCUT2D eigenvalue weighted by atomic mass is 10.2. The van der Waals surface area contributed by atoms with Crippen molar-refractivity contribution >= 4 is 23.4 Å². The molecule has 0 spiro atoms. The van der Waals surface area contributed by atoms with Gasteiger partial charge in [-0.15, -0.1) is 0 Å². The number of rotatable bonds is 3. The number of nitrogens with one attached hydrogen (secondary N) is 2. The van der Waals surface area contributed by atoms with Gasteiger partial charge in [0.05, 0.1) is 6.20 Å². The maximum atomic E-state index is 11.4. The molecule has 0 radical (unpaired) electrons. The minimum absolute atomic E-state index is 0.210. The van der Waals surface area contributed by atoms with Crippen LogP contribution in [0.4, 0.5) is 10.5 Å². The third kappa shape index (κ3) is 3.22. The highest BCUT2D eigenvalue weighted by Crippen LogP contribution is 2.17. The van der Waals surface area contributed by atoms with Crippen molar-refractivity contribution in [2.24, 2.45) is 0 Å². The summed E-state index contributed by atoms with van der Waals surface area (Å²) in [7, 11) is 0. The molecule has 1 aromatic carbocycles. The normalized spacial score (nSPS) is 9.94. The van der Waals surface area contributed by atoms with Crippen LogP contribution in [-0.2, 0) is 11.3 Å². The Bertz CT molecular complexity index is 498. The number of hydrogen-bond donors (Lipinski definition) is 2. The summed E-state index contributed by atoms with van der Waals surface area (Å²) in [6.45, 7) is 0.210. The van der Waals surface area contributed by atoms with Crippen molar-refractivity contribution in [3.8, 4) is 0 Å². The van der Waals surface area contributed by atoms with E-state index < -0.39 is 6.09 Å². The van der Waals surface area contributed by atoms with Crippen molar-refractivity contribution in [2.45, 2.75) is 6.61 Å². The summed E-state index contributed by atoms with van der Waals surface area (Å²) in [4.78, 5) is 11.4. The molecule has 0 saturated heterocycles. The molecule has 0 aliphatic rings. The van der Waals surface area contributed by atoms with Crippen molar-refractivity contribution < 1.29 is 9.53 Å². The molecule has 0 bridgehead atoms. The molecule has 6 heteroatoms. The number of aromatic amines is 1. The summed E-state index contributed by atoms with van der Waals surface area (Å²) in [5.41, 5.74) is 1.31. The van der Waals surface area contributed by atoms with Gasteiger partial charge in [-0.2, -0.15) is 5.10 Å². The first kappa shape index (κ1) is 11.5. The van der Waals surface area contributed by atoms with Gasteiger partial charge in [-0.25, -0.2) is 4.79 Å². The maximum Gasteiger partial charge on any atom is 0.412 e. The van der Waals surface area contributed by atoms with E-state index in [0.717, 1.165) is 5.56 Å². The number of hydrogen-bond acceptors (Lipinski definition) is 3. The maximum absolute atomic E-state index is 11.4. The van der Waals surface area contributed by atoms with Crippen LogP contribution in [0, 0.1) is 0 Å². The topological polar surface area (TPSA) is 67.0 Å². The molecule has 0 aliphatic carbocycles. The average Bonchev–Trinajstić information content (AvgIpc) is 2.74. The van der Waals surface area contributed by atoms with Gasteiger partial charge in [0.2, 0.25) is 0 Å². The number of carbonyl (C=O) groups is 1. The average molecular weight is 252 g/mol. The Morgan fingerprint density at radius 1 is 1.41 bits per heavy atom. The number of benzene rings is 1. The second-order valence-electron chi connectivity index (χ2n) is 3.28. The molecule has 0 atom stereocenters. The highest BCUT2D eigenvalue weighted by Gasteiger charge is 2.07. The van der Waals surface area contributed by atoms with Crippen LogP contribution in [0.1, 0.15) is 5.56 Å². The summed E-state index contributed by atoms with van der Waals surface area (Å²) < 4.78 is 5.01. The van der Waals surface area contributed by atoms with Crippen LogP contribution in [0.2, 0.25) is 5.15 Å². The van der Waals surface area contributed by atoms with Crippen LogP contribution in [0.25, 0.3) is 0 Å². The van der Waals surface area contributed by atoms with E-state index in [-0.39, 0.29) is 11.8 Å². The molecule has 2 N–H and O–H groups in total. The number of carbonyl (C=O) groups excluding carboxylic acids is 1. The third-order valence-electron chi connectivity index (χ3n) is 2.04. The van der Waals surface area contributed by atoms with Crippen LogP contribution in [-0.4, -0.2) is 16.3 Å². The molecule has 1 heterocycles.